The summed E-state index contributed by atoms with van der Waals surface area (Å²) < 4.78 is 13.5. The van der Waals surface area contributed by atoms with Crippen molar-refractivity contribution in [3.8, 4) is 0 Å². The summed E-state index contributed by atoms with van der Waals surface area (Å²) in [5, 5.41) is 0.539. The van der Waals surface area contributed by atoms with Gasteiger partial charge in [0.15, 0.2) is 0 Å². The van der Waals surface area contributed by atoms with Crippen LogP contribution in [0.15, 0.2) is 48.5 Å². The fourth-order valence-electron chi connectivity index (χ4n) is 3.95. The van der Waals surface area contributed by atoms with Crippen molar-refractivity contribution in [3.05, 3.63) is 70.5 Å². The molecule has 4 rings (SSSR count). The van der Waals surface area contributed by atoms with Gasteiger partial charge in [-0.15, -0.1) is 11.8 Å². The molecular weight excluding hydrogens is 399 g/mol. The molecule has 0 aromatic heterocycles. The van der Waals surface area contributed by atoms with Gasteiger partial charge in [-0.2, -0.15) is 0 Å². The smallest absolute Gasteiger partial charge is 0.255 e. The first kappa shape index (κ1) is 19.3. The fourth-order valence-corrected chi connectivity index (χ4v) is 5.60. The third-order valence-electron chi connectivity index (χ3n) is 5.40. The number of piperidine rings is 1. The summed E-state index contributed by atoms with van der Waals surface area (Å²) in [6, 6.07) is 12.8. The molecule has 2 saturated heterocycles. The van der Waals surface area contributed by atoms with Crippen LogP contribution in [0.2, 0.25) is 5.02 Å². The Labute approximate surface area is 172 Å². The van der Waals surface area contributed by atoms with Crippen LogP contribution < -0.4 is 0 Å². The summed E-state index contributed by atoms with van der Waals surface area (Å²) in [7, 11) is 0. The second-order valence-corrected chi connectivity index (χ2v) is 8.96. The van der Waals surface area contributed by atoms with Crippen molar-refractivity contribution in [1.82, 2.24) is 9.80 Å². The number of thioether (sulfide) groups is 1. The molecule has 0 aliphatic carbocycles. The first-order valence-electron chi connectivity index (χ1n) is 9.25. The number of nitrogens with zero attached hydrogens (tertiary/aromatic N) is 2. The zero-order valence-corrected chi connectivity index (χ0v) is 16.8. The Morgan fingerprint density at radius 3 is 2.32 bits per heavy atom. The Hall–Kier alpha value is -2.05. The molecule has 2 heterocycles. The van der Waals surface area contributed by atoms with E-state index in [1.54, 1.807) is 48.2 Å². The zero-order chi connectivity index (χ0) is 19.7. The van der Waals surface area contributed by atoms with Crippen molar-refractivity contribution < 1.29 is 14.0 Å². The second kappa shape index (κ2) is 7.76. The number of halogens is 2. The minimum absolute atomic E-state index is 0.0386. The SMILES string of the molecule is O=C(c1cccc(Cl)c1)N1CCC2(CC1)SCCN2C(=O)c1cccc(F)c1. The number of hydrogen-bond donors (Lipinski definition) is 0. The van der Waals surface area contributed by atoms with Gasteiger partial charge >= 0.3 is 0 Å². The van der Waals surface area contributed by atoms with Crippen LogP contribution in [0.4, 0.5) is 4.39 Å². The average molecular weight is 419 g/mol. The van der Waals surface area contributed by atoms with Crippen molar-refractivity contribution in [3.63, 3.8) is 0 Å². The van der Waals surface area contributed by atoms with Crippen LogP contribution in [0.1, 0.15) is 33.6 Å². The van der Waals surface area contributed by atoms with Gasteiger partial charge in [0.25, 0.3) is 11.8 Å². The molecule has 2 aliphatic rings. The van der Waals surface area contributed by atoms with Gasteiger partial charge in [-0.05, 0) is 49.2 Å². The second-order valence-electron chi connectivity index (χ2n) is 7.06. The first-order valence-corrected chi connectivity index (χ1v) is 10.6. The summed E-state index contributed by atoms with van der Waals surface area (Å²) in [6.07, 6.45) is 1.40. The molecule has 28 heavy (non-hydrogen) atoms. The van der Waals surface area contributed by atoms with Crippen molar-refractivity contribution in [2.24, 2.45) is 0 Å². The summed E-state index contributed by atoms with van der Waals surface area (Å²) in [5.41, 5.74) is 0.953. The number of hydrogen-bond acceptors (Lipinski definition) is 3. The van der Waals surface area contributed by atoms with Crippen LogP contribution in [0.25, 0.3) is 0 Å². The fraction of sp³-hybridized carbons (Fsp3) is 0.333. The molecular formula is C21H20ClFN2O2S. The predicted molar refractivity (Wildman–Crippen MR) is 109 cm³/mol. The van der Waals surface area contributed by atoms with Gasteiger partial charge in [-0.3, -0.25) is 9.59 Å². The number of amides is 2. The molecule has 146 valence electrons. The largest absolute Gasteiger partial charge is 0.338 e. The van der Waals surface area contributed by atoms with Gasteiger partial charge in [0.2, 0.25) is 0 Å². The minimum Gasteiger partial charge on any atom is -0.338 e. The number of carbonyl (C=O) groups excluding carboxylic acids is 2. The van der Waals surface area contributed by atoms with Crippen molar-refractivity contribution in [1.29, 1.82) is 0 Å². The van der Waals surface area contributed by atoms with Crippen LogP contribution in [0, 0.1) is 5.82 Å². The highest BCUT2D eigenvalue weighted by atomic mass is 35.5. The molecule has 2 fully saturated rings. The highest BCUT2D eigenvalue weighted by Gasteiger charge is 2.47. The van der Waals surface area contributed by atoms with Gasteiger partial charge in [0.05, 0.1) is 4.87 Å². The molecule has 2 aromatic rings. The van der Waals surface area contributed by atoms with E-state index >= 15 is 0 Å². The van der Waals surface area contributed by atoms with Crippen LogP contribution in [0.3, 0.4) is 0 Å². The Morgan fingerprint density at radius 1 is 0.964 bits per heavy atom. The van der Waals surface area contributed by atoms with Crippen molar-refractivity contribution in [2.75, 3.05) is 25.4 Å². The molecule has 0 N–H and O–H groups in total. The van der Waals surface area contributed by atoms with E-state index in [1.807, 2.05) is 9.80 Å². The van der Waals surface area contributed by atoms with Gasteiger partial charge in [-0.1, -0.05) is 23.7 Å². The summed E-state index contributed by atoms with van der Waals surface area (Å²) in [6.45, 7) is 1.79. The van der Waals surface area contributed by atoms with Crippen LogP contribution >= 0.6 is 23.4 Å². The number of benzene rings is 2. The Morgan fingerprint density at radius 2 is 1.64 bits per heavy atom. The van der Waals surface area contributed by atoms with Gasteiger partial charge in [-0.25, -0.2) is 4.39 Å². The first-order chi connectivity index (χ1) is 13.5. The lowest BCUT2D eigenvalue weighted by Gasteiger charge is -2.44. The molecule has 2 aliphatic heterocycles. The Kier molecular flexibility index (Phi) is 5.34. The third kappa shape index (κ3) is 3.63. The summed E-state index contributed by atoms with van der Waals surface area (Å²) in [5.74, 6) is 0.264. The van der Waals surface area contributed by atoms with E-state index < -0.39 is 5.82 Å². The van der Waals surface area contributed by atoms with E-state index in [-0.39, 0.29) is 16.7 Å². The lowest BCUT2D eigenvalue weighted by atomic mass is 10.00. The molecule has 0 atom stereocenters. The van der Waals surface area contributed by atoms with E-state index in [9.17, 15) is 14.0 Å². The Bertz CT molecular complexity index is 915. The van der Waals surface area contributed by atoms with Crippen molar-refractivity contribution >= 4 is 35.2 Å². The van der Waals surface area contributed by atoms with E-state index in [1.165, 1.54) is 12.1 Å². The molecule has 4 nitrogen and oxygen atoms in total. The number of likely N-dealkylation sites (tertiary alicyclic amines) is 1. The van der Waals surface area contributed by atoms with Crippen LogP contribution in [0.5, 0.6) is 0 Å². The highest BCUT2D eigenvalue weighted by molar-refractivity contribution is 8.00. The van der Waals surface area contributed by atoms with Crippen LogP contribution in [-0.4, -0.2) is 51.9 Å². The molecule has 2 amide bonds. The maximum absolute atomic E-state index is 13.5. The van der Waals surface area contributed by atoms with Gasteiger partial charge < -0.3 is 9.80 Å². The monoisotopic (exact) mass is 418 g/mol. The highest BCUT2D eigenvalue weighted by Crippen LogP contribution is 2.44. The van der Waals surface area contributed by atoms with Crippen molar-refractivity contribution in [2.45, 2.75) is 17.7 Å². The summed E-state index contributed by atoms with van der Waals surface area (Å²) >= 11 is 7.77. The normalized spacial score (nSPS) is 18.5. The van der Waals surface area contributed by atoms with E-state index in [2.05, 4.69) is 0 Å². The van der Waals surface area contributed by atoms with Crippen LogP contribution in [-0.2, 0) is 0 Å². The predicted octanol–water partition coefficient (Wildman–Crippen LogP) is 4.30. The van der Waals surface area contributed by atoms with E-state index in [0.717, 1.165) is 5.75 Å². The molecule has 2 aromatic carbocycles. The molecule has 0 unspecified atom stereocenters. The topological polar surface area (TPSA) is 40.6 Å². The Balaban J connectivity index is 1.48. The maximum atomic E-state index is 13.5. The molecule has 0 bridgehead atoms. The standard InChI is InChI=1S/C21H20ClFN2O2S/c22-17-5-1-3-15(13-17)19(26)24-9-7-21(8-10-24)25(11-12-28-21)20(27)16-4-2-6-18(23)14-16/h1-6,13-14H,7-12H2. The summed E-state index contributed by atoms with van der Waals surface area (Å²) in [4.78, 5) is 29.1. The molecule has 1 spiro atoms. The van der Waals surface area contributed by atoms with E-state index in [4.69, 9.17) is 11.6 Å². The van der Waals surface area contributed by atoms with Gasteiger partial charge in [0.1, 0.15) is 5.82 Å². The lowest BCUT2D eigenvalue weighted by molar-refractivity contribution is 0.0497. The quantitative estimate of drug-likeness (QED) is 0.730. The number of rotatable bonds is 2. The van der Waals surface area contributed by atoms with E-state index in [0.29, 0.717) is 48.6 Å². The third-order valence-corrected chi connectivity index (χ3v) is 7.19. The lowest BCUT2D eigenvalue weighted by Crippen LogP contribution is -2.53. The molecule has 7 heteroatoms. The zero-order valence-electron chi connectivity index (χ0n) is 15.2. The molecule has 0 saturated carbocycles. The van der Waals surface area contributed by atoms with Gasteiger partial charge in [0, 0.05) is 41.5 Å². The average Bonchev–Trinajstić information content (AvgIpc) is 3.10. The number of carbonyl (C=O) groups is 2. The molecule has 0 radical (unpaired) electrons. The maximum Gasteiger partial charge on any atom is 0.255 e. The minimum atomic E-state index is -0.409.